The zero-order valence-corrected chi connectivity index (χ0v) is 17.4. The first-order chi connectivity index (χ1) is 14.9. The lowest BCUT2D eigenvalue weighted by atomic mass is 9.63. The Morgan fingerprint density at radius 1 is 1.00 bits per heavy atom. The van der Waals surface area contributed by atoms with Crippen molar-refractivity contribution in [2.75, 3.05) is 11.9 Å². The summed E-state index contributed by atoms with van der Waals surface area (Å²) < 4.78 is 3.13. The lowest BCUT2D eigenvalue weighted by Crippen LogP contribution is -2.39. The van der Waals surface area contributed by atoms with E-state index < -0.39 is 5.91 Å². The van der Waals surface area contributed by atoms with Crippen molar-refractivity contribution in [3.05, 3.63) is 58.5 Å². The maximum Gasteiger partial charge on any atom is 0.295 e. The standard InChI is InChI=1S/C23H24N4O4/c1-13-20(23(31)27(25(13)2)16-6-4-3-5-7-16)24-17(28)12-26-21(29)18-14-8-9-15(11-10-14)19(18)22(26)30/h3-9,14-15,18-19H,10-12H2,1-2H3,(H,24,28). The minimum absolute atomic E-state index is 0.0777. The largest absolute Gasteiger partial charge is 0.318 e. The predicted molar refractivity (Wildman–Crippen MR) is 113 cm³/mol. The number of nitrogens with one attached hydrogen (secondary N) is 1. The van der Waals surface area contributed by atoms with Gasteiger partial charge in [0.1, 0.15) is 12.2 Å². The number of hydrogen-bond acceptors (Lipinski definition) is 4. The molecule has 2 aromatic rings. The Kier molecular flexibility index (Phi) is 4.46. The molecule has 1 saturated carbocycles. The quantitative estimate of drug-likeness (QED) is 0.601. The number of imide groups is 1. The van der Waals surface area contributed by atoms with E-state index in [4.69, 9.17) is 0 Å². The first kappa shape index (κ1) is 19.5. The molecule has 8 nitrogen and oxygen atoms in total. The van der Waals surface area contributed by atoms with Gasteiger partial charge in [0.25, 0.3) is 5.56 Å². The highest BCUT2D eigenvalue weighted by molar-refractivity contribution is 6.09. The second-order valence-corrected chi connectivity index (χ2v) is 8.59. The lowest BCUT2D eigenvalue weighted by molar-refractivity contribution is -0.142. The SMILES string of the molecule is Cc1c(NC(=O)CN2C(=O)C3C4C=CC(CC4)C3C2=O)c(=O)n(-c2ccccc2)n1C. The van der Waals surface area contributed by atoms with Crippen LogP contribution in [-0.4, -0.2) is 38.5 Å². The van der Waals surface area contributed by atoms with Crippen molar-refractivity contribution >= 4 is 23.4 Å². The Balaban J connectivity index is 1.37. The molecule has 3 amide bonds. The molecule has 6 rings (SSSR count). The maximum absolute atomic E-state index is 13.0. The van der Waals surface area contributed by atoms with Crippen molar-refractivity contribution in [3.8, 4) is 5.69 Å². The Bertz CT molecular complexity index is 1140. The normalized spacial score (nSPS) is 26.5. The fourth-order valence-corrected chi connectivity index (χ4v) is 5.33. The van der Waals surface area contributed by atoms with Crippen LogP contribution in [0.2, 0.25) is 0 Å². The van der Waals surface area contributed by atoms with Gasteiger partial charge in [-0.25, -0.2) is 4.68 Å². The third-order valence-corrected chi connectivity index (χ3v) is 6.97. The van der Waals surface area contributed by atoms with Gasteiger partial charge in [0.2, 0.25) is 17.7 Å². The van der Waals surface area contributed by atoms with E-state index in [1.807, 2.05) is 30.4 Å². The van der Waals surface area contributed by atoms with E-state index in [1.165, 1.54) is 4.68 Å². The average Bonchev–Trinajstić information content (AvgIpc) is 3.16. The summed E-state index contributed by atoms with van der Waals surface area (Å²) in [5, 5.41) is 2.64. The van der Waals surface area contributed by atoms with E-state index in [1.54, 1.807) is 30.8 Å². The number of benzene rings is 1. The highest BCUT2D eigenvalue weighted by atomic mass is 16.2. The number of likely N-dealkylation sites (tertiary alicyclic amines) is 1. The molecule has 1 aromatic carbocycles. The number of rotatable bonds is 4. The lowest BCUT2D eigenvalue weighted by Gasteiger charge is -2.38. The van der Waals surface area contributed by atoms with Gasteiger partial charge in [-0.3, -0.25) is 28.8 Å². The van der Waals surface area contributed by atoms with Gasteiger partial charge in [-0.05, 0) is 43.7 Å². The van der Waals surface area contributed by atoms with Crippen LogP contribution in [0.25, 0.3) is 5.69 Å². The van der Waals surface area contributed by atoms with Crippen molar-refractivity contribution in [1.82, 2.24) is 14.3 Å². The van der Waals surface area contributed by atoms with Crippen molar-refractivity contribution in [2.45, 2.75) is 19.8 Å². The molecule has 4 aliphatic rings. The number of carbonyl (C=O) groups excluding carboxylic acids is 3. The monoisotopic (exact) mass is 420 g/mol. The van der Waals surface area contributed by atoms with Gasteiger partial charge in [-0.2, -0.15) is 0 Å². The highest BCUT2D eigenvalue weighted by Gasteiger charge is 2.56. The third kappa shape index (κ3) is 2.89. The third-order valence-electron chi connectivity index (χ3n) is 6.97. The van der Waals surface area contributed by atoms with Gasteiger partial charge in [-0.1, -0.05) is 30.4 Å². The Morgan fingerprint density at radius 3 is 2.13 bits per heavy atom. The number of allylic oxidation sites excluding steroid dienone is 2. The maximum atomic E-state index is 13.0. The molecule has 0 spiro atoms. The molecular weight excluding hydrogens is 396 g/mol. The summed E-state index contributed by atoms with van der Waals surface area (Å²) >= 11 is 0. The number of nitrogens with zero attached hydrogens (tertiary/aromatic N) is 3. The summed E-state index contributed by atoms with van der Waals surface area (Å²) in [6.45, 7) is 1.36. The molecule has 1 N–H and O–H groups in total. The van der Waals surface area contributed by atoms with Gasteiger partial charge in [0, 0.05) is 7.05 Å². The van der Waals surface area contributed by atoms with Crippen LogP contribution >= 0.6 is 0 Å². The fraction of sp³-hybridized carbons (Fsp3) is 0.391. The number of para-hydroxylation sites is 1. The average molecular weight is 420 g/mol. The zero-order valence-electron chi connectivity index (χ0n) is 17.4. The molecule has 31 heavy (non-hydrogen) atoms. The Labute approximate surface area is 179 Å². The van der Waals surface area contributed by atoms with Crippen LogP contribution in [0.5, 0.6) is 0 Å². The van der Waals surface area contributed by atoms with Crippen LogP contribution in [0.1, 0.15) is 18.5 Å². The number of fused-ring (bicyclic) bond motifs is 1. The molecule has 4 atom stereocenters. The molecular formula is C23H24N4O4. The van der Waals surface area contributed by atoms with E-state index in [9.17, 15) is 19.2 Å². The number of carbonyl (C=O) groups is 3. The number of anilines is 1. The number of hydrogen-bond donors (Lipinski definition) is 1. The summed E-state index contributed by atoms with van der Waals surface area (Å²) in [7, 11) is 1.74. The molecule has 2 heterocycles. The van der Waals surface area contributed by atoms with Gasteiger partial charge < -0.3 is 5.32 Å². The summed E-state index contributed by atoms with van der Waals surface area (Å²) in [6, 6.07) is 9.12. The van der Waals surface area contributed by atoms with Crippen molar-refractivity contribution < 1.29 is 14.4 Å². The van der Waals surface area contributed by atoms with E-state index in [-0.39, 0.29) is 53.3 Å². The van der Waals surface area contributed by atoms with E-state index in [0.717, 1.165) is 17.7 Å². The predicted octanol–water partition coefficient (Wildman–Crippen LogP) is 1.62. The summed E-state index contributed by atoms with van der Waals surface area (Å²) in [4.78, 5) is 52.7. The molecule has 1 saturated heterocycles. The van der Waals surface area contributed by atoms with Crippen molar-refractivity contribution in [3.63, 3.8) is 0 Å². The zero-order chi connectivity index (χ0) is 21.9. The Hall–Kier alpha value is -3.42. The molecule has 8 heteroatoms. The van der Waals surface area contributed by atoms with Gasteiger partial charge in [0.05, 0.1) is 23.2 Å². The first-order valence-electron chi connectivity index (χ1n) is 10.6. The minimum Gasteiger partial charge on any atom is -0.318 e. The Morgan fingerprint density at radius 2 is 1.58 bits per heavy atom. The molecule has 1 aromatic heterocycles. The van der Waals surface area contributed by atoms with E-state index in [2.05, 4.69) is 5.32 Å². The molecule has 4 unspecified atom stereocenters. The number of aromatic nitrogens is 2. The summed E-state index contributed by atoms with van der Waals surface area (Å²) in [5.74, 6) is -1.63. The molecule has 1 aliphatic heterocycles. The minimum atomic E-state index is -0.549. The van der Waals surface area contributed by atoms with Crippen LogP contribution in [0.4, 0.5) is 5.69 Å². The smallest absolute Gasteiger partial charge is 0.295 e. The first-order valence-corrected chi connectivity index (χ1v) is 10.6. The molecule has 2 fully saturated rings. The second kappa shape index (κ2) is 7.08. The summed E-state index contributed by atoms with van der Waals surface area (Å²) in [6.07, 6.45) is 5.90. The molecule has 160 valence electrons. The van der Waals surface area contributed by atoms with Gasteiger partial charge in [-0.15, -0.1) is 0 Å². The number of amides is 3. The van der Waals surface area contributed by atoms with Crippen LogP contribution in [0.15, 0.2) is 47.3 Å². The van der Waals surface area contributed by atoms with Crippen LogP contribution in [0, 0.1) is 30.6 Å². The van der Waals surface area contributed by atoms with E-state index in [0.29, 0.717) is 11.4 Å². The van der Waals surface area contributed by atoms with Crippen molar-refractivity contribution in [2.24, 2.45) is 30.7 Å². The molecule has 3 aliphatic carbocycles. The fourth-order valence-electron chi connectivity index (χ4n) is 5.33. The van der Waals surface area contributed by atoms with Crippen LogP contribution < -0.4 is 10.9 Å². The van der Waals surface area contributed by atoms with Crippen LogP contribution in [0.3, 0.4) is 0 Å². The van der Waals surface area contributed by atoms with Crippen molar-refractivity contribution in [1.29, 1.82) is 0 Å². The molecule has 2 bridgehead atoms. The molecule has 0 radical (unpaired) electrons. The van der Waals surface area contributed by atoms with Crippen LogP contribution in [-0.2, 0) is 21.4 Å². The highest BCUT2D eigenvalue weighted by Crippen LogP contribution is 2.49. The second-order valence-electron chi connectivity index (χ2n) is 8.59. The van der Waals surface area contributed by atoms with Gasteiger partial charge in [0.15, 0.2) is 0 Å². The summed E-state index contributed by atoms with van der Waals surface area (Å²) in [5.41, 5.74) is 1.04. The topological polar surface area (TPSA) is 93.4 Å². The van der Waals surface area contributed by atoms with Gasteiger partial charge >= 0.3 is 0 Å². The van der Waals surface area contributed by atoms with E-state index >= 15 is 0 Å².